The van der Waals surface area contributed by atoms with Crippen LogP contribution >= 0.6 is 23.1 Å². The maximum Gasteiger partial charge on any atom is 0.347 e. The van der Waals surface area contributed by atoms with Crippen molar-refractivity contribution in [2.75, 3.05) is 5.75 Å². The van der Waals surface area contributed by atoms with E-state index in [9.17, 15) is 4.79 Å². The van der Waals surface area contributed by atoms with E-state index in [0.717, 1.165) is 22.9 Å². The van der Waals surface area contributed by atoms with Crippen LogP contribution < -0.4 is 0 Å². The summed E-state index contributed by atoms with van der Waals surface area (Å²) in [6.45, 7) is 1.71. The Hall–Kier alpha value is -0.990. The number of thioether (sulfide) groups is 1. The van der Waals surface area contributed by atoms with E-state index in [0.29, 0.717) is 10.6 Å². The standard InChI is InChI=1S/C10H11NO2S2/c1-3-4-5-6-14-10-11-7(2)8(15-10)9(12)13/h1H,4-6H2,2H3,(H,12,13). The first kappa shape index (κ1) is 12.1. The Morgan fingerprint density at radius 2 is 2.47 bits per heavy atom. The lowest BCUT2D eigenvalue weighted by atomic mass is 10.4. The van der Waals surface area contributed by atoms with Gasteiger partial charge >= 0.3 is 5.97 Å². The number of terminal acetylenes is 1. The molecule has 1 rings (SSSR count). The Morgan fingerprint density at radius 1 is 1.73 bits per heavy atom. The first-order valence-corrected chi connectivity index (χ1v) is 6.22. The highest BCUT2D eigenvalue weighted by atomic mass is 32.2. The van der Waals surface area contributed by atoms with Crippen molar-refractivity contribution >= 4 is 29.1 Å². The number of aromatic carboxylic acids is 1. The van der Waals surface area contributed by atoms with Gasteiger partial charge in [-0.3, -0.25) is 0 Å². The summed E-state index contributed by atoms with van der Waals surface area (Å²) >= 11 is 2.79. The molecule has 0 saturated carbocycles. The second-order valence-corrected chi connectivity index (χ2v) is 5.20. The number of hydrogen-bond donors (Lipinski definition) is 1. The number of thiazole rings is 1. The molecule has 0 aliphatic carbocycles. The molecule has 0 spiro atoms. The average Bonchev–Trinajstić information content (AvgIpc) is 2.55. The van der Waals surface area contributed by atoms with Crippen molar-refractivity contribution in [3.63, 3.8) is 0 Å². The molecule has 3 nitrogen and oxygen atoms in total. The van der Waals surface area contributed by atoms with Crippen molar-refractivity contribution in [2.45, 2.75) is 24.1 Å². The molecule has 1 heterocycles. The van der Waals surface area contributed by atoms with E-state index >= 15 is 0 Å². The van der Waals surface area contributed by atoms with Gasteiger partial charge in [-0.2, -0.15) is 0 Å². The van der Waals surface area contributed by atoms with Gasteiger partial charge in [-0.25, -0.2) is 9.78 Å². The highest BCUT2D eigenvalue weighted by Gasteiger charge is 2.13. The van der Waals surface area contributed by atoms with Gasteiger partial charge in [-0.15, -0.1) is 23.7 Å². The number of hydrogen-bond acceptors (Lipinski definition) is 4. The average molecular weight is 241 g/mol. The molecule has 0 unspecified atom stereocenters. The maximum absolute atomic E-state index is 10.7. The molecule has 1 aromatic rings. The molecular weight excluding hydrogens is 230 g/mol. The molecule has 0 atom stereocenters. The van der Waals surface area contributed by atoms with Crippen molar-refractivity contribution in [2.24, 2.45) is 0 Å². The van der Waals surface area contributed by atoms with Crippen molar-refractivity contribution in [3.8, 4) is 12.3 Å². The summed E-state index contributed by atoms with van der Waals surface area (Å²) in [6, 6.07) is 0. The van der Waals surface area contributed by atoms with E-state index in [1.807, 2.05) is 0 Å². The van der Waals surface area contributed by atoms with Crippen molar-refractivity contribution in [1.29, 1.82) is 0 Å². The van der Waals surface area contributed by atoms with Gasteiger partial charge in [0, 0.05) is 12.2 Å². The summed E-state index contributed by atoms with van der Waals surface area (Å²) < 4.78 is 0.807. The summed E-state index contributed by atoms with van der Waals surface area (Å²) in [4.78, 5) is 15.3. The number of aryl methyl sites for hydroxylation is 1. The number of carbonyl (C=O) groups is 1. The number of carboxylic acid groups (broad SMARTS) is 1. The third-order valence-electron chi connectivity index (χ3n) is 1.66. The highest BCUT2D eigenvalue weighted by Crippen LogP contribution is 2.27. The molecule has 0 aliphatic heterocycles. The summed E-state index contributed by atoms with van der Waals surface area (Å²) in [5.74, 6) is 2.55. The largest absolute Gasteiger partial charge is 0.477 e. The number of unbranched alkanes of at least 4 members (excludes halogenated alkanes) is 1. The van der Waals surface area contributed by atoms with E-state index in [4.69, 9.17) is 11.5 Å². The Morgan fingerprint density at radius 3 is 3.00 bits per heavy atom. The molecule has 0 fully saturated rings. The third-order valence-corrected chi connectivity index (χ3v) is 4.04. The van der Waals surface area contributed by atoms with Crippen LogP contribution in [0.25, 0.3) is 0 Å². The molecule has 1 N–H and O–H groups in total. The van der Waals surface area contributed by atoms with Gasteiger partial charge in [-0.05, 0) is 13.3 Å². The van der Waals surface area contributed by atoms with E-state index in [1.165, 1.54) is 11.3 Å². The fraction of sp³-hybridized carbons (Fsp3) is 0.400. The van der Waals surface area contributed by atoms with E-state index in [2.05, 4.69) is 10.9 Å². The Balaban J connectivity index is 2.53. The van der Waals surface area contributed by atoms with Crippen molar-refractivity contribution in [1.82, 2.24) is 4.98 Å². The van der Waals surface area contributed by atoms with Gasteiger partial charge in [0.1, 0.15) is 4.88 Å². The Kier molecular flexibility index (Phi) is 4.66. The fourth-order valence-electron chi connectivity index (χ4n) is 0.966. The van der Waals surface area contributed by atoms with Crippen molar-refractivity contribution < 1.29 is 9.90 Å². The second kappa shape index (κ2) is 5.79. The predicted molar refractivity (Wildman–Crippen MR) is 62.6 cm³/mol. The SMILES string of the molecule is C#CCCCSc1nc(C)c(C(=O)O)s1. The van der Waals surface area contributed by atoms with Crippen LogP contribution in [0.3, 0.4) is 0 Å². The molecular formula is C10H11NO2S2. The predicted octanol–water partition coefficient (Wildman–Crippen LogP) is 2.66. The summed E-state index contributed by atoms with van der Waals surface area (Å²) in [7, 11) is 0. The van der Waals surface area contributed by atoms with Crippen LogP contribution in [-0.4, -0.2) is 21.8 Å². The minimum atomic E-state index is -0.902. The molecule has 1 aromatic heterocycles. The molecule has 0 radical (unpaired) electrons. The first-order valence-electron chi connectivity index (χ1n) is 4.42. The lowest BCUT2D eigenvalue weighted by molar-refractivity contribution is 0.0701. The Labute approximate surface area is 96.9 Å². The zero-order chi connectivity index (χ0) is 11.3. The lowest BCUT2D eigenvalue weighted by Gasteiger charge is -1.92. The molecule has 5 heteroatoms. The third kappa shape index (κ3) is 3.57. The second-order valence-electron chi connectivity index (χ2n) is 2.86. The smallest absolute Gasteiger partial charge is 0.347 e. The zero-order valence-electron chi connectivity index (χ0n) is 8.32. The van der Waals surface area contributed by atoms with Gasteiger partial charge in [0.15, 0.2) is 4.34 Å². The maximum atomic E-state index is 10.7. The minimum absolute atomic E-state index is 0.328. The molecule has 0 amide bonds. The van der Waals surface area contributed by atoms with Crippen LogP contribution in [-0.2, 0) is 0 Å². The Bertz CT molecular complexity index is 393. The van der Waals surface area contributed by atoms with Crippen LogP contribution in [0.2, 0.25) is 0 Å². The normalized spacial score (nSPS) is 9.87. The summed E-state index contributed by atoms with van der Waals surface area (Å²) in [6.07, 6.45) is 6.81. The lowest BCUT2D eigenvalue weighted by Crippen LogP contribution is -1.94. The summed E-state index contributed by atoms with van der Waals surface area (Å²) in [5.41, 5.74) is 0.590. The zero-order valence-corrected chi connectivity index (χ0v) is 9.95. The van der Waals surface area contributed by atoms with E-state index in [-0.39, 0.29) is 0 Å². The fourth-order valence-corrected chi connectivity index (χ4v) is 3.00. The van der Waals surface area contributed by atoms with Gasteiger partial charge in [0.05, 0.1) is 5.69 Å². The topological polar surface area (TPSA) is 50.2 Å². The van der Waals surface area contributed by atoms with Gasteiger partial charge in [-0.1, -0.05) is 11.8 Å². The van der Waals surface area contributed by atoms with Crippen LogP contribution in [0.5, 0.6) is 0 Å². The first-order chi connectivity index (χ1) is 7.15. The van der Waals surface area contributed by atoms with Crippen LogP contribution in [0, 0.1) is 19.3 Å². The highest BCUT2D eigenvalue weighted by molar-refractivity contribution is 8.01. The van der Waals surface area contributed by atoms with E-state index in [1.54, 1.807) is 18.7 Å². The molecule has 0 saturated heterocycles. The molecule has 0 bridgehead atoms. The number of aromatic nitrogens is 1. The number of carboxylic acids is 1. The van der Waals surface area contributed by atoms with Gasteiger partial charge < -0.3 is 5.11 Å². The monoisotopic (exact) mass is 241 g/mol. The minimum Gasteiger partial charge on any atom is -0.477 e. The molecule has 80 valence electrons. The van der Waals surface area contributed by atoms with E-state index < -0.39 is 5.97 Å². The van der Waals surface area contributed by atoms with Crippen LogP contribution in [0.4, 0.5) is 0 Å². The van der Waals surface area contributed by atoms with Crippen LogP contribution in [0.1, 0.15) is 28.2 Å². The quantitative estimate of drug-likeness (QED) is 0.489. The van der Waals surface area contributed by atoms with Crippen molar-refractivity contribution in [3.05, 3.63) is 10.6 Å². The summed E-state index contributed by atoms with van der Waals surface area (Å²) in [5, 5.41) is 8.82. The van der Waals surface area contributed by atoms with Gasteiger partial charge in [0.25, 0.3) is 0 Å². The van der Waals surface area contributed by atoms with Crippen LogP contribution in [0.15, 0.2) is 4.34 Å². The molecule has 0 aromatic carbocycles. The number of nitrogens with zero attached hydrogens (tertiary/aromatic N) is 1. The molecule has 0 aliphatic rings. The number of rotatable bonds is 5. The molecule has 15 heavy (non-hydrogen) atoms. The van der Waals surface area contributed by atoms with Gasteiger partial charge in [0.2, 0.25) is 0 Å².